The van der Waals surface area contributed by atoms with E-state index in [1.165, 1.54) is 0 Å². The SMILES string of the molecule is CCC(=O)OCC(NC)C1CCNCC1. The van der Waals surface area contributed by atoms with Crippen molar-refractivity contribution in [3.05, 3.63) is 0 Å². The molecule has 0 aromatic heterocycles. The van der Waals surface area contributed by atoms with Crippen molar-refractivity contribution in [3.8, 4) is 0 Å². The molecule has 1 rings (SSSR count). The third-order valence-electron chi connectivity index (χ3n) is 3.04. The number of ether oxygens (including phenoxy) is 1. The van der Waals surface area contributed by atoms with E-state index in [9.17, 15) is 4.79 Å². The molecule has 88 valence electrons. The molecule has 1 aliphatic rings. The maximum absolute atomic E-state index is 11.1. The monoisotopic (exact) mass is 214 g/mol. The van der Waals surface area contributed by atoms with Gasteiger partial charge >= 0.3 is 5.97 Å². The van der Waals surface area contributed by atoms with E-state index < -0.39 is 0 Å². The minimum atomic E-state index is -0.107. The molecule has 1 heterocycles. The molecule has 0 radical (unpaired) electrons. The summed E-state index contributed by atoms with van der Waals surface area (Å²) in [6, 6.07) is 0.308. The molecule has 1 saturated heterocycles. The standard InChI is InChI=1S/C11H22N2O2/c1-3-11(14)15-8-10(12-2)9-4-6-13-7-5-9/h9-10,12-13H,3-8H2,1-2H3. The van der Waals surface area contributed by atoms with Crippen molar-refractivity contribution < 1.29 is 9.53 Å². The number of hydrogen-bond donors (Lipinski definition) is 2. The molecule has 0 amide bonds. The van der Waals surface area contributed by atoms with E-state index in [1.54, 1.807) is 0 Å². The maximum atomic E-state index is 11.1. The molecule has 0 saturated carbocycles. The van der Waals surface area contributed by atoms with Gasteiger partial charge < -0.3 is 15.4 Å². The van der Waals surface area contributed by atoms with E-state index in [-0.39, 0.29) is 5.97 Å². The van der Waals surface area contributed by atoms with Crippen molar-refractivity contribution in [1.29, 1.82) is 0 Å². The summed E-state index contributed by atoms with van der Waals surface area (Å²) in [6.07, 6.45) is 2.78. The number of likely N-dealkylation sites (N-methyl/N-ethyl adjacent to an activating group) is 1. The van der Waals surface area contributed by atoms with Crippen LogP contribution in [0.5, 0.6) is 0 Å². The van der Waals surface area contributed by atoms with Gasteiger partial charge in [0.2, 0.25) is 0 Å². The Kier molecular flexibility index (Phi) is 5.65. The van der Waals surface area contributed by atoms with Crippen LogP contribution in [0.15, 0.2) is 0 Å². The molecule has 2 N–H and O–H groups in total. The van der Waals surface area contributed by atoms with E-state index in [0.717, 1.165) is 25.9 Å². The molecule has 0 bridgehead atoms. The normalized spacial score (nSPS) is 19.9. The van der Waals surface area contributed by atoms with Crippen LogP contribution < -0.4 is 10.6 Å². The number of carbonyl (C=O) groups is 1. The van der Waals surface area contributed by atoms with Crippen LogP contribution in [0.2, 0.25) is 0 Å². The lowest BCUT2D eigenvalue weighted by atomic mass is 9.91. The second-order valence-corrected chi connectivity index (χ2v) is 4.02. The second-order valence-electron chi connectivity index (χ2n) is 4.02. The molecule has 15 heavy (non-hydrogen) atoms. The van der Waals surface area contributed by atoms with Gasteiger partial charge in [0, 0.05) is 12.5 Å². The van der Waals surface area contributed by atoms with Crippen LogP contribution >= 0.6 is 0 Å². The van der Waals surface area contributed by atoms with Gasteiger partial charge in [-0.3, -0.25) is 4.79 Å². The lowest BCUT2D eigenvalue weighted by Gasteiger charge is -2.30. The molecule has 1 unspecified atom stereocenters. The molecular formula is C11H22N2O2. The van der Waals surface area contributed by atoms with Crippen molar-refractivity contribution in [1.82, 2.24) is 10.6 Å². The lowest BCUT2D eigenvalue weighted by Crippen LogP contribution is -2.43. The predicted molar refractivity (Wildman–Crippen MR) is 59.7 cm³/mol. The highest BCUT2D eigenvalue weighted by Gasteiger charge is 2.23. The maximum Gasteiger partial charge on any atom is 0.305 e. The number of nitrogens with one attached hydrogen (secondary N) is 2. The van der Waals surface area contributed by atoms with Crippen LogP contribution in [-0.2, 0) is 9.53 Å². The molecule has 0 aromatic carbocycles. The Morgan fingerprint density at radius 1 is 1.53 bits per heavy atom. The average molecular weight is 214 g/mol. The molecule has 0 aromatic rings. The summed E-state index contributed by atoms with van der Waals surface area (Å²) in [5.41, 5.74) is 0. The minimum absolute atomic E-state index is 0.107. The number of esters is 1. The summed E-state index contributed by atoms with van der Waals surface area (Å²) < 4.78 is 5.18. The zero-order chi connectivity index (χ0) is 11.1. The molecule has 1 fully saturated rings. The topological polar surface area (TPSA) is 50.4 Å². The number of carbonyl (C=O) groups excluding carboxylic acids is 1. The predicted octanol–water partition coefficient (Wildman–Crippen LogP) is 0.527. The summed E-state index contributed by atoms with van der Waals surface area (Å²) in [5.74, 6) is 0.519. The van der Waals surface area contributed by atoms with Crippen LogP contribution in [0, 0.1) is 5.92 Å². The van der Waals surface area contributed by atoms with Crippen LogP contribution in [0.4, 0.5) is 0 Å². The molecule has 0 aliphatic carbocycles. The Morgan fingerprint density at radius 2 is 2.20 bits per heavy atom. The summed E-state index contributed by atoms with van der Waals surface area (Å²) >= 11 is 0. The van der Waals surface area contributed by atoms with Gasteiger partial charge in [0.1, 0.15) is 6.61 Å². The molecule has 1 aliphatic heterocycles. The quantitative estimate of drug-likeness (QED) is 0.655. The van der Waals surface area contributed by atoms with Crippen molar-refractivity contribution in [3.63, 3.8) is 0 Å². The molecular weight excluding hydrogens is 192 g/mol. The van der Waals surface area contributed by atoms with Gasteiger partial charge in [0.25, 0.3) is 0 Å². The number of rotatable bonds is 5. The Balaban J connectivity index is 2.30. The highest BCUT2D eigenvalue weighted by atomic mass is 16.5. The second kappa shape index (κ2) is 6.80. The van der Waals surface area contributed by atoms with Gasteiger partial charge in [-0.2, -0.15) is 0 Å². The zero-order valence-corrected chi connectivity index (χ0v) is 9.71. The fraction of sp³-hybridized carbons (Fsp3) is 0.909. The van der Waals surface area contributed by atoms with Gasteiger partial charge in [-0.15, -0.1) is 0 Å². The minimum Gasteiger partial charge on any atom is -0.464 e. The van der Waals surface area contributed by atoms with Crippen LogP contribution in [-0.4, -0.2) is 38.8 Å². The van der Waals surface area contributed by atoms with Crippen LogP contribution in [0.25, 0.3) is 0 Å². The largest absolute Gasteiger partial charge is 0.464 e. The van der Waals surface area contributed by atoms with Gasteiger partial charge in [-0.05, 0) is 38.9 Å². The molecule has 4 nitrogen and oxygen atoms in total. The van der Waals surface area contributed by atoms with Crippen molar-refractivity contribution >= 4 is 5.97 Å². The lowest BCUT2D eigenvalue weighted by molar-refractivity contribution is -0.144. The van der Waals surface area contributed by atoms with E-state index in [4.69, 9.17) is 4.74 Å². The fourth-order valence-electron chi connectivity index (χ4n) is 1.99. The van der Waals surface area contributed by atoms with Crippen LogP contribution in [0.1, 0.15) is 26.2 Å². The summed E-state index contributed by atoms with van der Waals surface area (Å²) in [6.45, 7) is 4.48. The third kappa shape index (κ3) is 4.18. The first-order chi connectivity index (χ1) is 7.27. The van der Waals surface area contributed by atoms with Gasteiger partial charge in [-0.1, -0.05) is 6.92 Å². The Morgan fingerprint density at radius 3 is 2.73 bits per heavy atom. The Bertz CT molecular complexity index is 191. The van der Waals surface area contributed by atoms with Gasteiger partial charge in [0.05, 0.1) is 0 Å². The highest BCUT2D eigenvalue weighted by Crippen LogP contribution is 2.16. The fourth-order valence-corrected chi connectivity index (χ4v) is 1.99. The first-order valence-corrected chi connectivity index (χ1v) is 5.81. The zero-order valence-electron chi connectivity index (χ0n) is 9.71. The van der Waals surface area contributed by atoms with E-state index >= 15 is 0 Å². The molecule has 0 spiro atoms. The summed E-state index contributed by atoms with van der Waals surface area (Å²) in [5, 5.41) is 6.58. The van der Waals surface area contributed by atoms with Gasteiger partial charge in [-0.25, -0.2) is 0 Å². The van der Waals surface area contributed by atoms with E-state index in [1.807, 2.05) is 14.0 Å². The smallest absolute Gasteiger partial charge is 0.305 e. The first kappa shape index (κ1) is 12.5. The van der Waals surface area contributed by atoms with E-state index in [2.05, 4.69) is 10.6 Å². The molecule has 4 heteroatoms. The average Bonchev–Trinajstić information content (AvgIpc) is 2.31. The third-order valence-corrected chi connectivity index (χ3v) is 3.04. The highest BCUT2D eigenvalue weighted by molar-refractivity contribution is 5.68. The number of piperidine rings is 1. The Labute approximate surface area is 91.8 Å². The summed E-state index contributed by atoms with van der Waals surface area (Å²) in [4.78, 5) is 11.1. The van der Waals surface area contributed by atoms with Crippen molar-refractivity contribution in [2.75, 3.05) is 26.7 Å². The van der Waals surface area contributed by atoms with Crippen molar-refractivity contribution in [2.24, 2.45) is 5.92 Å². The first-order valence-electron chi connectivity index (χ1n) is 5.81. The van der Waals surface area contributed by atoms with Gasteiger partial charge in [0.15, 0.2) is 0 Å². The van der Waals surface area contributed by atoms with Crippen LogP contribution in [0.3, 0.4) is 0 Å². The van der Waals surface area contributed by atoms with Crippen molar-refractivity contribution in [2.45, 2.75) is 32.2 Å². The summed E-state index contributed by atoms with van der Waals surface area (Å²) in [7, 11) is 1.94. The Hall–Kier alpha value is -0.610. The molecule has 1 atom stereocenters. The van der Waals surface area contributed by atoms with E-state index in [0.29, 0.717) is 25.0 Å². The number of hydrogen-bond acceptors (Lipinski definition) is 4.